The molecule has 34 heavy (non-hydrogen) atoms. The van der Waals surface area contributed by atoms with Gasteiger partial charge in [-0.25, -0.2) is 16.8 Å². The molecule has 0 amide bonds. The highest BCUT2D eigenvalue weighted by atomic mass is 32.3. The van der Waals surface area contributed by atoms with Gasteiger partial charge in [0.2, 0.25) is 5.70 Å². The van der Waals surface area contributed by atoms with Gasteiger partial charge >= 0.3 is 0 Å². The molecule has 0 saturated heterocycles. The second kappa shape index (κ2) is 10.2. The lowest BCUT2D eigenvalue weighted by molar-refractivity contribution is -0.425. The maximum Gasteiger partial charge on any atom is 0.249 e. The first-order chi connectivity index (χ1) is 16.0. The normalized spacial score (nSPS) is 12.5. The Morgan fingerprint density at radius 3 is 1.65 bits per heavy atom. The maximum absolute atomic E-state index is 13.4. The third-order valence-corrected chi connectivity index (χ3v) is 10.3. The van der Waals surface area contributed by atoms with Crippen molar-refractivity contribution in [1.29, 1.82) is 0 Å². The van der Waals surface area contributed by atoms with E-state index in [0.29, 0.717) is 5.56 Å². The maximum atomic E-state index is 13.4. The van der Waals surface area contributed by atoms with Crippen LogP contribution in [-0.2, 0) is 19.7 Å². The molecule has 3 rings (SSSR count). The Morgan fingerprint density at radius 1 is 0.824 bits per heavy atom. The Balaban J connectivity index is 2.12. The monoisotopic (exact) mass is 500 g/mol. The number of rotatable bonds is 9. The molecule has 0 N–H and O–H groups in total. The van der Waals surface area contributed by atoms with E-state index in [1.54, 1.807) is 36.4 Å². The molecule has 0 heterocycles. The molecular formula is C24H24N2O6S2. The van der Waals surface area contributed by atoms with E-state index in [1.165, 1.54) is 54.6 Å². The van der Waals surface area contributed by atoms with Crippen LogP contribution in [0.2, 0.25) is 0 Å². The third kappa shape index (κ3) is 5.52. The molecule has 10 heteroatoms. The molecule has 8 nitrogen and oxygen atoms in total. The van der Waals surface area contributed by atoms with E-state index in [-0.39, 0.29) is 9.79 Å². The van der Waals surface area contributed by atoms with Crippen molar-refractivity contribution in [3.8, 4) is 0 Å². The number of hydrogen-bond donors (Lipinski definition) is 0. The van der Waals surface area contributed by atoms with E-state index < -0.39 is 41.3 Å². The van der Waals surface area contributed by atoms with Crippen LogP contribution in [0.3, 0.4) is 0 Å². The standard InChI is InChI=1S/C24H24N2O6S2/c1-25(2)20-15-13-19(14-16-20)17-21(26(27)28)18-24(33(29,30)22-9-5-3-6-10-22)34(31,32)23-11-7-4-8-12-23/h3-17,24H,18H2,1-2H3/b21-17-. The van der Waals surface area contributed by atoms with Crippen molar-refractivity contribution in [1.82, 2.24) is 0 Å². The first-order valence-corrected chi connectivity index (χ1v) is 13.3. The third-order valence-electron chi connectivity index (χ3n) is 5.19. The number of hydrogen-bond acceptors (Lipinski definition) is 7. The summed E-state index contributed by atoms with van der Waals surface area (Å²) in [7, 11) is -5.28. The van der Waals surface area contributed by atoms with Crippen molar-refractivity contribution in [3.63, 3.8) is 0 Å². The number of nitro groups is 1. The first-order valence-electron chi connectivity index (χ1n) is 10.2. The summed E-state index contributed by atoms with van der Waals surface area (Å²) >= 11 is 0. The zero-order chi connectivity index (χ0) is 24.9. The molecule has 0 aliphatic heterocycles. The van der Waals surface area contributed by atoms with Gasteiger partial charge in [-0.15, -0.1) is 0 Å². The van der Waals surface area contributed by atoms with Gasteiger partial charge in [0.15, 0.2) is 24.3 Å². The predicted octanol–water partition coefficient (Wildman–Crippen LogP) is 4.03. The summed E-state index contributed by atoms with van der Waals surface area (Å²) in [6.45, 7) is 0. The fourth-order valence-electron chi connectivity index (χ4n) is 3.33. The van der Waals surface area contributed by atoms with Crippen LogP contribution >= 0.6 is 0 Å². The zero-order valence-electron chi connectivity index (χ0n) is 18.6. The Hall–Kier alpha value is -3.50. The minimum atomic E-state index is -4.49. The van der Waals surface area contributed by atoms with Crippen molar-refractivity contribution < 1.29 is 21.8 Å². The molecule has 0 fully saturated rings. The molecule has 3 aromatic carbocycles. The second-order valence-electron chi connectivity index (χ2n) is 7.73. The summed E-state index contributed by atoms with van der Waals surface area (Å²) in [5.74, 6) is 0. The average Bonchev–Trinajstić information content (AvgIpc) is 2.82. The van der Waals surface area contributed by atoms with Crippen LogP contribution < -0.4 is 4.90 Å². The molecule has 0 spiro atoms. The number of anilines is 1. The molecule has 0 radical (unpaired) electrons. The Bertz CT molecular complexity index is 1320. The summed E-state index contributed by atoms with van der Waals surface area (Å²) in [4.78, 5) is 12.5. The predicted molar refractivity (Wildman–Crippen MR) is 131 cm³/mol. The van der Waals surface area contributed by atoms with E-state index in [4.69, 9.17) is 0 Å². The van der Waals surface area contributed by atoms with Gasteiger partial charge in [-0.1, -0.05) is 48.5 Å². The lowest BCUT2D eigenvalue weighted by Crippen LogP contribution is -2.32. The van der Waals surface area contributed by atoms with E-state index in [9.17, 15) is 26.9 Å². The van der Waals surface area contributed by atoms with Crippen LogP contribution in [-0.4, -0.2) is 40.4 Å². The van der Waals surface area contributed by atoms with Gasteiger partial charge < -0.3 is 4.90 Å². The summed E-state index contributed by atoms with van der Waals surface area (Å²) in [5, 5.41) is 11.9. The van der Waals surface area contributed by atoms with Crippen molar-refractivity contribution >= 4 is 31.4 Å². The van der Waals surface area contributed by atoms with Crippen molar-refractivity contribution in [2.75, 3.05) is 19.0 Å². The van der Waals surface area contributed by atoms with Crippen LogP contribution in [0.25, 0.3) is 6.08 Å². The van der Waals surface area contributed by atoms with Crippen LogP contribution in [0, 0.1) is 10.1 Å². The Labute approximate surface area is 199 Å². The van der Waals surface area contributed by atoms with Gasteiger partial charge in [-0.3, -0.25) is 10.1 Å². The van der Waals surface area contributed by atoms with E-state index >= 15 is 0 Å². The molecule has 0 bridgehead atoms. The van der Waals surface area contributed by atoms with Crippen molar-refractivity contribution in [2.45, 2.75) is 20.8 Å². The molecular weight excluding hydrogens is 476 g/mol. The van der Waals surface area contributed by atoms with Crippen LogP contribution in [0.1, 0.15) is 12.0 Å². The number of nitrogens with zero attached hydrogens (tertiary/aromatic N) is 2. The van der Waals surface area contributed by atoms with Crippen molar-refractivity contribution in [3.05, 3.63) is 106 Å². The van der Waals surface area contributed by atoms with Gasteiger partial charge in [0.05, 0.1) is 21.1 Å². The van der Waals surface area contributed by atoms with E-state index in [0.717, 1.165) is 5.69 Å². The SMILES string of the molecule is CN(C)c1ccc(/C=C(/CC(S(=O)(=O)c2ccccc2)S(=O)(=O)c2ccccc2)[N+](=O)[O-])cc1. The van der Waals surface area contributed by atoms with Gasteiger partial charge in [0.1, 0.15) is 0 Å². The van der Waals surface area contributed by atoms with Gasteiger partial charge in [0.25, 0.3) is 0 Å². The minimum Gasteiger partial charge on any atom is -0.378 e. The average molecular weight is 501 g/mol. The van der Waals surface area contributed by atoms with Gasteiger partial charge in [0, 0.05) is 25.9 Å². The molecule has 0 atom stereocenters. The Morgan fingerprint density at radius 2 is 1.26 bits per heavy atom. The quantitative estimate of drug-likeness (QED) is 0.322. The van der Waals surface area contributed by atoms with Gasteiger partial charge in [-0.05, 0) is 42.0 Å². The van der Waals surface area contributed by atoms with E-state index in [1.807, 2.05) is 19.0 Å². The highest BCUT2D eigenvalue weighted by Gasteiger charge is 2.42. The molecule has 0 aliphatic carbocycles. The number of sulfone groups is 2. The first kappa shape index (κ1) is 25.1. The highest BCUT2D eigenvalue weighted by Crippen LogP contribution is 2.31. The summed E-state index contributed by atoms with van der Waals surface area (Å²) < 4.78 is 51.7. The minimum absolute atomic E-state index is 0.225. The van der Waals surface area contributed by atoms with E-state index in [2.05, 4.69) is 0 Å². The fourth-order valence-corrected chi connectivity index (χ4v) is 7.79. The fraction of sp³-hybridized carbons (Fsp3) is 0.167. The molecule has 3 aromatic rings. The van der Waals surface area contributed by atoms with Crippen LogP contribution in [0.5, 0.6) is 0 Å². The lowest BCUT2D eigenvalue weighted by Gasteiger charge is -2.18. The van der Waals surface area contributed by atoms with Gasteiger partial charge in [-0.2, -0.15) is 0 Å². The molecule has 0 saturated carbocycles. The topological polar surface area (TPSA) is 115 Å². The second-order valence-corrected chi connectivity index (χ2v) is 12.3. The molecule has 0 aliphatic rings. The van der Waals surface area contributed by atoms with Crippen LogP contribution in [0.15, 0.2) is 100 Å². The number of benzene rings is 3. The summed E-state index contributed by atoms with van der Waals surface area (Å²) in [6.07, 6.45) is 0.379. The molecule has 0 aromatic heterocycles. The Kier molecular flexibility index (Phi) is 7.53. The molecule has 0 unspecified atom stereocenters. The van der Waals surface area contributed by atoms with Crippen LogP contribution in [0.4, 0.5) is 5.69 Å². The smallest absolute Gasteiger partial charge is 0.249 e. The van der Waals surface area contributed by atoms with Crippen molar-refractivity contribution in [2.24, 2.45) is 0 Å². The summed E-state index contributed by atoms with van der Waals surface area (Å²) in [6, 6.07) is 21.0. The largest absolute Gasteiger partial charge is 0.378 e. The highest BCUT2D eigenvalue weighted by molar-refractivity contribution is 8.09. The molecule has 178 valence electrons. The summed E-state index contributed by atoms with van der Waals surface area (Å²) in [5.41, 5.74) is 0.794. The lowest BCUT2D eigenvalue weighted by atomic mass is 10.1. The number of allylic oxidation sites excluding steroid dienone is 1. The zero-order valence-corrected chi connectivity index (χ0v) is 20.2.